The summed E-state index contributed by atoms with van der Waals surface area (Å²) in [6, 6.07) is 7.50. The molecule has 128 valence electrons. The molecule has 0 bridgehead atoms. The van der Waals surface area contributed by atoms with E-state index in [2.05, 4.69) is 15.6 Å². The highest BCUT2D eigenvalue weighted by Crippen LogP contribution is 2.40. The van der Waals surface area contributed by atoms with Gasteiger partial charge in [-0.2, -0.15) is 0 Å². The Hall–Kier alpha value is -1.92. The van der Waals surface area contributed by atoms with Gasteiger partial charge in [-0.15, -0.1) is 11.3 Å². The molecule has 24 heavy (non-hydrogen) atoms. The van der Waals surface area contributed by atoms with Gasteiger partial charge in [-0.05, 0) is 25.8 Å². The number of nitrogens with zero attached hydrogens (tertiary/aromatic N) is 1. The van der Waals surface area contributed by atoms with E-state index < -0.39 is 0 Å². The highest BCUT2D eigenvalue weighted by molar-refractivity contribution is 7.09. The van der Waals surface area contributed by atoms with Crippen LogP contribution in [0.25, 0.3) is 0 Å². The summed E-state index contributed by atoms with van der Waals surface area (Å²) in [4.78, 5) is 17.3. The van der Waals surface area contributed by atoms with Crippen LogP contribution in [0.3, 0.4) is 0 Å². The van der Waals surface area contributed by atoms with Crippen LogP contribution in [0.5, 0.6) is 0 Å². The minimum atomic E-state index is -0.334. The maximum atomic E-state index is 12.6. The molecule has 0 saturated heterocycles. The van der Waals surface area contributed by atoms with Crippen molar-refractivity contribution in [3.05, 3.63) is 45.9 Å². The van der Waals surface area contributed by atoms with Crippen LogP contribution in [0, 0.1) is 6.92 Å². The van der Waals surface area contributed by atoms with Gasteiger partial charge in [0.15, 0.2) is 0 Å². The summed E-state index contributed by atoms with van der Waals surface area (Å²) in [7, 11) is 1.65. The Labute approximate surface area is 146 Å². The molecule has 0 unspecified atom stereocenters. The van der Waals surface area contributed by atoms with Gasteiger partial charge in [-0.3, -0.25) is 0 Å². The fraction of sp³-hybridized carbons (Fsp3) is 0.444. The number of amides is 2. The molecule has 1 saturated carbocycles. The third-order valence-electron chi connectivity index (χ3n) is 4.40. The molecule has 5 nitrogen and oxygen atoms in total. The number of methoxy groups -OCH3 is 1. The number of nitrogens with one attached hydrogen (secondary N) is 2. The van der Waals surface area contributed by atoms with Crippen LogP contribution < -0.4 is 10.6 Å². The van der Waals surface area contributed by atoms with E-state index in [1.165, 1.54) is 0 Å². The van der Waals surface area contributed by atoms with E-state index in [0.717, 1.165) is 47.6 Å². The van der Waals surface area contributed by atoms with E-state index in [-0.39, 0.29) is 11.6 Å². The van der Waals surface area contributed by atoms with Crippen molar-refractivity contribution >= 4 is 23.1 Å². The number of ether oxygens (including phenoxy) is 1. The van der Waals surface area contributed by atoms with E-state index in [4.69, 9.17) is 4.74 Å². The molecule has 0 atom stereocenters. The minimum absolute atomic E-state index is 0.187. The quantitative estimate of drug-likeness (QED) is 0.854. The SMILES string of the molecule is COCc1ccccc1NC(=O)NC1(c2nc(C)cs2)CCCC1. The molecular formula is C18H23N3O2S. The summed E-state index contributed by atoms with van der Waals surface area (Å²) in [6.45, 7) is 2.46. The predicted octanol–water partition coefficient (Wildman–Crippen LogP) is 4.19. The molecule has 0 radical (unpaired) electrons. The fourth-order valence-electron chi connectivity index (χ4n) is 3.24. The number of aromatic nitrogens is 1. The van der Waals surface area contributed by atoms with Gasteiger partial charge in [0, 0.05) is 29.4 Å². The Morgan fingerprint density at radius 1 is 1.33 bits per heavy atom. The zero-order chi connectivity index (χ0) is 17.0. The van der Waals surface area contributed by atoms with E-state index in [1.807, 2.05) is 36.6 Å². The largest absolute Gasteiger partial charge is 0.380 e. The maximum Gasteiger partial charge on any atom is 0.320 e. The number of anilines is 1. The molecule has 1 aromatic heterocycles. The van der Waals surface area contributed by atoms with Crippen molar-refractivity contribution in [2.45, 2.75) is 44.8 Å². The molecule has 1 aliphatic rings. The second-order valence-electron chi connectivity index (χ2n) is 6.25. The molecule has 0 spiro atoms. The molecule has 2 amide bonds. The van der Waals surface area contributed by atoms with E-state index in [0.29, 0.717) is 6.61 Å². The van der Waals surface area contributed by atoms with Crippen molar-refractivity contribution < 1.29 is 9.53 Å². The molecule has 3 rings (SSSR count). The minimum Gasteiger partial charge on any atom is -0.380 e. The van der Waals surface area contributed by atoms with Crippen molar-refractivity contribution in [3.63, 3.8) is 0 Å². The van der Waals surface area contributed by atoms with Crippen LogP contribution in [0.2, 0.25) is 0 Å². The first-order chi connectivity index (χ1) is 11.6. The Bertz CT molecular complexity index is 708. The van der Waals surface area contributed by atoms with Crippen LogP contribution in [-0.2, 0) is 16.9 Å². The molecule has 1 aliphatic carbocycles. The van der Waals surface area contributed by atoms with Crippen LogP contribution in [0.15, 0.2) is 29.6 Å². The van der Waals surface area contributed by atoms with Gasteiger partial charge < -0.3 is 15.4 Å². The van der Waals surface area contributed by atoms with Crippen LogP contribution in [-0.4, -0.2) is 18.1 Å². The molecular weight excluding hydrogens is 322 g/mol. The number of urea groups is 1. The molecule has 1 fully saturated rings. The lowest BCUT2D eigenvalue weighted by Gasteiger charge is -2.28. The van der Waals surface area contributed by atoms with Crippen LogP contribution in [0.1, 0.15) is 41.9 Å². The van der Waals surface area contributed by atoms with Crippen molar-refractivity contribution in [1.82, 2.24) is 10.3 Å². The van der Waals surface area contributed by atoms with Gasteiger partial charge >= 0.3 is 6.03 Å². The Balaban J connectivity index is 1.75. The molecule has 1 aromatic carbocycles. The fourth-order valence-corrected chi connectivity index (χ4v) is 4.25. The van der Waals surface area contributed by atoms with E-state index >= 15 is 0 Å². The van der Waals surface area contributed by atoms with Gasteiger partial charge in [0.2, 0.25) is 0 Å². The third kappa shape index (κ3) is 3.60. The number of benzene rings is 1. The van der Waals surface area contributed by atoms with Crippen LogP contribution in [0.4, 0.5) is 10.5 Å². The zero-order valence-corrected chi connectivity index (χ0v) is 14.9. The number of rotatable bonds is 5. The van der Waals surface area contributed by atoms with Crippen molar-refractivity contribution in [3.8, 4) is 0 Å². The standard InChI is InChI=1S/C18H23N3O2S/c1-13-12-24-16(19-13)18(9-5-6-10-18)21-17(22)20-15-8-4-3-7-14(15)11-23-2/h3-4,7-8,12H,5-6,9-11H2,1-2H3,(H2,20,21,22). The lowest BCUT2D eigenvalue weighted by molar-refractivity contribution is 0.185. The molecule has 2 aromatic rings. The normalized spacial score (nSPS) is 16.1. The Morgan fingerprint density at radius 3 is 2.75 bits per heavy atom. The monoisotopic (exact) mass is 345 g/mol. The van der Waals surface area contributed by atoms with Gasteiger partial charge in [-0.1, -0.05) is 31.0 Å². The van der Waals surface area contributed by atoms with Crippen molar-refractivity contribution in [2.75, 3.05) is 12.4 Å². The molecule has 1 heterocycles. The second kappa shape index (κ2) is 7.32. The van der Waals surface area contributed by atoms with E-state index in [9.17, 15) is 4.79 Å². The molecule has 0 aliphatic heterocycles. The smallest absolute Gasteiger partial charge is 0.320 e. The summed E-state index contributed by atoms with van der Waals surface area (Å²) in [5, 5.41) is 9.22. The van der Waals surface area contributed by atoms with Gasteiger partial charge in [-0.25, -0.2) is 9.78 Å². The summed E-state index contributed by atoms with van der Waals surface area (Å²) in [5.41, 5.74) is 2.41. The topological polar surface area (TPSA) is 63.2 Å². The van der Waals surface area contributed by atoms with Gasteiger partial charge in [0.1, 0.15) is 5.01 Å². The number of aryl methyl sites for hydroxylation is 1. The highest BCUT2D eigenvalue weighted by atomic mass is 32.1. The first-order valence-electron chi connectivity index (χ1n) is 8.21. The summed E-state index contributed by atoms with van der Waals surface area (Å²) < 4.78 is 5.20. The summed E-state index contributed by atoms with van der Waals surface area (Å²) in [6.07, 6.45) is 4.10. The van der Waals surface area contributed by atoms with Gasteiger partial charge in [0.05, 0.1) is 12.1 Å². The number of carbonyl (C=O) groups excluding carboxylic acids is 1. The number of para-hydroxylation sites is 1. The average molecular weight is 345 g/mol. The number of hydrogen-bond donors (Lipinski definition) is 2. The Morgan fingerprint density at radius 2 is 2.08 bits per heavy atom. The first kappa shape index (κ1) is 16.9. The van der Waals surface area contributed by atoms with Gasteiger partial charge in [0.25, 0.3) is 0 Å². The Kier molecular flexibility index (Phi) is 5.16. The van der Waals surface area contributed by atoms with Crippen molar-refractivity contribution in [1.29, 1.82) is 0 Å². The highest BCUT2D eigenvalue weighted by Gasteiger charge is 2.39. The average Bonchev–Trinajstić information content (AvgIpc) is 3.19. The number of thiazole rings is 1. The van der Waals surface area contributed by atoms with Crippen LogP contribution >= 0.6 is 11.3 Å². The maximum absolute atomic E-state index is 12.6. The lowest BCUT2D eigenvalue weighted by atomic mass is 9.99. The summed E-state index contributed by atoms with van der Waals surface area (Å²) >= 11 is 1.63. The molecule has 6 heteroatoms. The second-order valence-corrected chi connectivity index (χ2v) is 7.11. The van der Waals surface area contributed by atoms with E-state index in [1.54, 1.807) is 18.4 Å². The van der Waals surface area contributed by atoms with Crippen molar-refractivity contribution in [2.24, 2.45) is 0 Å². The predicted molar refractivity (Wildman–Crippen MR) is 96.3 cm³/mol. The first-order valence-corrected chi connectivity index (χ1v) is 9.09. The lowest BCUT2D eigenvalue weighted by Crippen LogP contribution is -2.46. The summed E-state index contributed by atoms with van der Waals surface area (Å²) in [5.74, 6) is 0. The number of hydrogen-bond acceptors (Lipinski definition) is 4. The zero-order valence-electron chi connectivity index (χ0n) is 14.1. The molecule has 2 N–H and O–H groups in total. The number of carbonyl (C=O) groups is 1. The third-order valence-corrected chi connectivity index (χ3v) is 5.57.